The molecule has 1 aliphatic carbocycles. The molecule has 0 spiro atoms. The van der Waals surface area contributed by atoms with E-state index in [1.807, 2.05) is 6.92 Å². The molecule has 1 amide bonds. The first-order chi connectivity index (χ1) is 18.0. The first kappa shape index (κ1) is 30.2. The lowest BCUT2D eigenvalue weighted by molar-refractivity contribution is -0.287. The summed E-state index contributed by atoms with van der Waals surface area (Å²) in [6, 6.07) is -2.77. The maximum Gasteiger partial charge on any atom is 0.335 e. The van der Waals surface area contributed by atoms with E-state index in [2.05, 4.69) is 5.32 Å². The van der Waals surface area contributed by atoms with Crippen molar-refractivity contribution in [3.8, 4) is 0 Å². The lowest BCUT2D eigenvalue weighted by atomic mass is 9.84. The number of aliphatic carboxylic acids is 1. The molecule has 13 heteroatoms. The van der Waals surface area contributed by atoms with Crippen LogP contribution in [0.25, 0.3) is 0 Å². The predicted molar refractivity (Wildman–Crippen MR) is 129 cm³/mol. The molecule has 0 bridgehead atoms. The average molecular weight is 545 g/mol. The summed E-state index contributed by atoms with van der Waals surface area (Å²) in [4.78, 5) is 52.3. The van der Waals surface area contributed by atoms with Crippen molar-refractivity contribution in [2.45, 2.75) is 121 Å². The molecule has 2 aliphatic heterocycles. The summed E-state index contributed by atoms with van der Waals surface area (Å²) >= 11 is 0. The van der Waals surface area contributed by atoms with E-state index in [1.54, 1.807) is 13.8 Å². The molecule has 6 unspecified atom stereocenters. The third kappa shape index (κ3) is 6.45. The second kappa shape index (κ2) is 13.2. The Morgan fingerprint density at radius 3 is 2.37 bits per heavy atom. The second-order valence-electron chi connectivity index (χ2n) is 10.3. The van der Waals surface area contributed by atoms with Gasteiger partial charge in [0, 0.05) is 6.04 Å². The van der Waals surface area contributed by atoms with Crippen molar-refractivity contribution < 1.29 is 53.8 Å². The van der Waals surface area contributed by atoms with Gasteiger partial charge in [-0.05, 0) is 45.4 Å². The van der Waals surface area contributed by atoms with Gasteiger partial charge in [0.1, 0.15) is 30.4 Å². The number of nitrogens with one attached hydrogen (secondary N) is 1. The number of esters is 2. The van der Waals surface area contributed by atoms with Crippen LogP contribution in [0.1, 0.15) is 65.7 Å². The highest BCUT2D eigenvalue weighted by atomic mass is 16.7. The normalized spacial score (nSPS) is 34.6. The van der Waals surface area contributed by atoms with Gasteiger partial charge in [0.15, 0.2) is 6.10 Å². The Kier molecular flexibility index (Phi) is 10.5. The number of amides is 1. The number of fused-ring (bicyclic) bond motifs is 1. The zero-order valence-electron chi connectivity index (χ0n) is 22.0. The predicted octanol–water partition coefficient (Wildman–Crippen LogP) is -0.709. The number of carbonyl (C=O) groups is 4. The topological polar surface area (TPSA) is 192 Å². The summed E-state index contributed by atoms with van der Waals surface area (Å²) in [5.74, 6) is -3.32. The zero-order valence-corrected chi connectivity index (χ0v) is 22.0. The molecular formula is C25H40N2O11. The Morgan fingerprint density at radius 1 is 1.05 bits per heavy atom. The molecule has 0 aromatic carbocycles. The highest BCUT2D eigenvalue weighted by Crippen LogP contribution is 2.41. The summed E-state index contributed by atoms with van der Waals surface area (Å²) in [6.45, 7) is 5.43. The molecule has 2 saturated heterocycles. The number of carboxylic acid groups (broad SMARTS) is 1. The van der Waals surface area contributed by atoms with Gasteiger partial charge < -0.3 is 39.5 Å². The van der Waals surface area contributed by atoms with Crippen LogP contribution in [-0.4, -0.2) is 111 Å². The molecule has 0 aromatic heterocycles. The summed E-state index contributed by atoms with van der Waals surface area (Å²) in [6.07, 6.45) is -4.71. The smallest absolute Gasteiger partial charge is 0.335 e. The van der Waals surface area contributed by atoms with E-state index < -0.39 is 72.6 Å². The Balaban J connectivity index is 1.78. The van der Waals surface area contributed by atoms with E-state index >= 15 is 0 Å². The molecule has 0 aromatic rings. The van der Waals surface area contributed by atoms with Crippen LogP contribution in [0.3, 0.4) is 0 Å². The fourth-order valence-electron chi connectivity index (χ4n) is 5.73. The van der Waals surface area contributed by atoms with Crippen LogP contribution < -0.4 is 5.32 Å². The van der Waals surface area contributed by atoms with Crippen molar-refractivity contribution in [2.75, 3.05) is 6.61 Å². The van der Waals surface area contributed by atoms with Gasteiger partial charge in [-0.2, -0.15) is 0 Å². The molecule has 0 radical (unpaired) electrons. The van der Waals surface area contributed by atoms with Gasteiger partial charge in [-0.1, -0.05) is 26.2 Å². The number of hydrogen-bond donors (Lipinski definition) is 5. The van der Waals surface area contributed by atoms with Crippen molar-refractivity contribution in [3.05, 3.63) is 0 Å². The van der Waals surface area contributed by atoms with Gasteiger partial charge in [0.25, 0.3) is 0 Å². The number of carbonyl (C=O) groups excluding carboxylic acids is 3. The standard InChI is InChI=1S/C25H40N2O11/c1-4-8-14(23(34)36-5-2)26-12(3)21(31)27-15-10-7-6-9-13(15)11-16(27)24(35)38-25-19(30)17(28)18(29)20(37-25)22(32)33/h12-20,25-26,28-30H,4-11H2,1-3H3,(H,32,33)/t12-,13-,14-,15-,16?,17?,18?,19?,20?,25?/m0/s1. The average Bonchev–Trinajstić information content (AvgIpc) is 3.27. The van der Waals surface area contributed by atoms with Gasteiger partial charge in [-0.15, -0.1) is 0 Å². The van der Waals surface area contributed by atoms with Crippen LogP contribution in [0.4, 0.5) is 0 Å². The Hall–Kier alpha value is -2.32. The number of nitrogens with zero attached hydrogens (tertiary/aromatic N) is 1. The Morgan fingerprint density at radius 2 is 1.74 bits per heavy atom. The monoisotopic (exact) mass is 544 g/mol. The van der Waals surface area contributed by atoms with Gasteiger partial charge in [-0.25, -0.2) is 9.59 Å². The quantitative estimate of drug-likeness (QED) is 0.217. The number of aliphatic hydroxyl groups is 3. The minimum atomic E-state index is -1.92. The van der Waals surface area contributed by atoms with Crippen LogP contribution in [0.15, 0.2) is 0 Å². The van der Waals surface area contributed by atoms with Crippen molar-refractivity contribution in [3.63, 3.8) is 0 Å². The first-order valence-electron chi connectivity index (χ1n) is 13.4. The minimum absolute atomic E-state index is 0.0466. The molecule has 3 rings (SSSR count). The second-order valence-corrected chi connectivity index (χ2v) is 10.3. The Bertz CT molecular complexity index is 870. The van der Waals surface area contributed by atoms with Crippen molar-refractivity contribution in [1.29, 1.82) is 0 Å². The molecule has 216 valence electrons. The highest BCUT2D eigenvalue weighted by molar-refractivity contribution is 5.89. The molecule has 3 aliphatic rings. The minimum Gasteiger partial charge on any atom is -0.479 e. The summed E-state index contributed by atoms with van der Waals surface area (Å²) in [7, 11) is 0. The third-order valence-corrected chi connectivity index (χ3v) is 7.63. The number of rotatable bonds is 10. The highest BCUT2D eigenvalue weighted by Gasteiger charge is 2.52. The van der Waals surface area contributed by atoms with E-state index in [-0.39, 0.29) is 18.6 Å². The molecule has 2 heterocycles. The molecule has 5 N–H and O–H groups in total. The van der Waals surface area contributed by atoms with Crippen LogP contribution in [0, 0.1) is 5.92 Å². The number of hydrogen-bond acceptors (Lipinski definition) is 11. The van der Waals surface area contributed by atoms with E-state index in [4.69, 9.17) is 14.2 Å². The molecule has 1 saturated carbocycles. The fourth-order valence-corrected chi connectivity index (χ4v) is 5.73. The van der Waals surface area contributed by atoms with Crippen LogP contribution in [-0.2, 0) is 33.4 Å². The van der Waals surface area contributed by atoms with Crippen LogP contribution >= 0.6 is 0 Å². The lowest BCUT2D eigenvalue weighted by Gasteiger charge is -2.39. The molecular weight excluding hydrogens is 504 g/mol. The van der Waals surface area contributed by atoms with E-state index in [1.165, 1.54) is 4.90 Å². The van der Waals surface area contributed by atoms with Gasteiger partial charge in [0.05, 0.1) is 12.6 Å². The summed E-state index contributed by atoms with van der Waals surface area (Å²) in [5.41, 5.74) is 0. The zero-order chi connectivity index (χ0) is 28.1. The lowest BCUT2D eigenvalue weighted by Crippen LogP contribution is -2.61. The van der Waals surface area contributed by atoms with Gasteiger partial charge in [0.2, 0.25) is 12.2 Å². The molecule has 38 heavy (non-hydrogen) atoms. The van der Waals surface area contributed by atoms with Gasteiger partial charge >= 0.3 is 17.9 Å². The molecule has 3 fully saturated rings. The summed E-state index contributed by atoms with van der Waals surface area (Å²) < 4.78 is 15.5. The van der Waals surface area contributed by atoms with Crippen LogP contribution in [0.5, 0.6) is 0 Å². The third-order valence-electron chi connectivity index (χ3n) is 7.63. The number of carboxylic acids is 1. The van der Waals surface area contributed by atoms with Crippen molar-refractivity contribution in [1.82, 2.24) is 10.2 Å². The van der Waals surface area contributed by atoms with Gasteiger partial charge in [-0.3, -0.25) is 14.9 Å². The molecule has 13 nitrogen and oxygen atoms in total. The maximum absolute atomic E-state index is 13.7. The van der Waals surface area contributed by atoms with E-state index in [9.17, 15) is 39.6 Å². The van der Waals surface area contributed by atoms with E-state index in [0.717, 1.165) is 19.3 Å². The fraction of sp³-hybridized carbons (Fsp3) is 0.840. The van der Waals surface area contributed by atoms with Crippen LogP contribution in [0.2, 0.25) is 0 Å². The maximum atomic E-state index is 13.7. The first-order valence-corrected chi connectivity index (χ1v) is 13.4. The Labute approximate surface area is 221 Å². The molecule has 10 atom stereocenters. The van der Waals surface area contributed by atoms with Crippen molar-refractivity contribution >= 4 is 23.8 Å². The summed E-state index contributed by atoms with van der Waals surface area (Å²) in [5, 5.41) is 42.5. The number of ether oxygens (including phenoxy) is 3. The largest absolute Gasteiger partial charge is 0.479 e. The SMILES string of the molecule is CCC[C@H](N[C@@H](C)C(=O)N1C(C(=O)OC2OC(C(=O)O)C(O)C(O)C2O)C[C@@H]2CCCC[C@@H]21)C(=O)OCC. The van der Waals surface area contributed by atoms with E-state index in [0.29, 0.717) is 25.7 Å². The number of aliphatic hydroxyl groups excluding tert-OH is 3. The van der Waals surface area contributed by atoms with Crippen molar-refractivity contribution in [2.24, 2.45) is 5.92 Å². The number of likely N-dealkylation sites (tertiary alicyclic amines) is 1.